The molecule has 1 aromatic carbocycles. The molecule has 1 unspecified atom stereocenters. The molecular formula is C10H11ClO3. The van der Waals surface area contributed by atoms with E-state index in [4.69, 9.17) is 27.3 Å². The number of rotatable bonds is 4. The van der Waals surface area contributed by atoms with E-state index in [0.29, 0.717) is 0 Å². The van der Waals surface area contributed by atoms with Crippen LogP contribution in [0.1, 0.15) is 23.4 Å². The second kappa shape index (κ2) is 4.98. The molecule has 0 radical (unpaired) electrons. The van der Waals surface area contributed by atoms with Gasteiger partial charge in [0, 0.05) is 10.9 Å². The van der Waals surface area contributed by atoms with Crippen LogP contribution in [0.5, 0.6) is 0 Å². The van der Waals surface area contributed by atoms with Crippen LogP contribution in [0.4, 0.5) is 0 Å². The molecular weight excluding hydrogens is 204 g/mol. The van der Waals surface area contributed by atoms with Crippen LogP contribution in [-0.2, 0) is 4.79 Å². The van der Waals surface area contributed by atoms with E-state index in [0.717, 1.165) is 0 Å². The lowest BCUT2D eigenvalue weighted by Crippen LogP contribution is -2.09. The zero-order valence-corrected chi connectivity index (χ0v) is 7.93. The third-order valence-electron chi connectivity index (χ3n) is 1.66. The molecule has 0 heterocycles. The standard InChI is InChI=1S/C10H11ClO3/c11-9-3-1-7(2-4-9)8(6-12)5-10(13)14/h1-4,8,12H,5-6H2,(H,13,14)/i1D,2D,3D,4D. The molecule has 1 rings (SSSR count). The van der Waals surface area contributed by atoms with Crippen molar-refractivity contribution in [3.63, 3.8) is 0 Å². The summed E-state index contributed by atoms with van der Waals surface area (Å²) in [5.74, 6) is -2.19. The number of aliphatic hydroxyl groups is 1. The molecule has 0 aliphatic carbocycles. The number of hydrogen-bond acceptors (Lipinski definition) is 2. The SMILES string of the molecule is [2H]c1c([2H])c(C(CO)CC(=O)O)c([2H])c([2H])c1Cl. The van der Waals surface area contributed by atoms with Gasteiger partial charge in [0.15, 0.2) is 0 Å². The van der Waals surface area contributed by atoms with E-state index in [-0.39, 0.29) is 10.6 Å². The fourth-order valence-electron chi connectivity index (χ4n) is 0.980. The van der Waals surface area contributed by atoms with Crippen molar-refractivity contribution < 1.29 is 20.5 Å². The minimum Gasteiger partial charge on any atom is -0.481 e. The van der Waals surface area contributed by atoms with Gasteiger partial charge < -0.3 is 10.2 Å². The normalized spacial score (nSPS) is 16.4. The van der Waals surface area contributed by atoms with Crippen LogP contribution in [0, 0.1) is 0 Å². The summed E-state index contributed by atoms with van der Waals surface area (Å²) in [6, 6.07) is -1.70. The summed E-state index contributed by atoms with van der Waals surface area (Å²) in [6.45, 7) is -0.579. The zero-order valence-electron chi connectivity index (χ0n) is 11.2. The molecule has 4 heteroatoms. The maximum atomic E-state index is 10.6. The Hall–Kier alpha value is -1.06. The number of hydrogen-bond donors (Lipinski definition) is 2. The second-order valence-electron chi connectivity index (χ2n) is 2.71. The van der Waals surface area contributed by atoms with E-state index in [1.165, 1.54) is 0 Å². The average Bonchev–Trinajstić information content (AvgIpc) is 2.32. The summed E-state index contributed by atoms with van der Waals surface area (Å²) in [4.78, 5) is 10.6. The molecule has 0 amide bonds. The lowest BCUT2D eigenvalue weighted by Gasteiger charge is -2.11. The van der Waals surface area contributed by atoms with Crippen LogP contribution in [-0.4, -0.2) is 22.8 Å². The van der Waals surface area contributed by atoms with Crippen LogP contribution in [0.2, 0.25) is 5.02 Å². The summed E-state index contributed by atoms with van der Waals surface area (Å²) in [6.07, 6.45) is -0.477. The number of halogens is 1. The Bertz CT molecular complexity index is 463. The van der Waals surface area contributed by atoms with Crippen molar-refractivity contribution in [2.24, 2.45) is 0 Å². The molecule has 14 heavy (non-hydrogen) atoms. The van der Waals surface area contributed by atoms with Crippen molar-refractivity contribution in [2.45, 2.75) is 12.3 Å². The maximum Gasteiger partial charge on any atom is 0.304 e. The first-order chi connectivity index (χ1) is 8.31. The highest BCUT2D eigenvalue weighted by molar-refractivity contribution is 6.30. The summed E-state index contributed by atoms with van der Waals surface area (Å²) in [5.41, 5.74) is -0.126. The summed E-state index contributed by atoms with van der Waals surface area (Å²) in [7, 11) is 0. The molecule has 0 saturated carbocycles. The van der Waals surface area contributed by atoms with Crippen molar-refractivity contribution >= 4 is 17.6 Å². The number of aliphatic hydroxyl groups excluding tert-OH is 1. The highest BCUT2D eigenvalue weighted by Crippen LogP contribution is 2.20. The number of carboxylic acid groups (broad SMARTS) is 1. The van der Waals surface area contributed by atoms with E-state index in [1.54, 1.807) is 0 Å². The van der Waals surface area contributed by atoms with E-state index in [1.807, 2.05) is 0 Å². The van der Waals surface area contributed by atoms with Crippen molar-refractivity contribution in [1.82, 2.24) is 0 Å². The van der Waals surface area contributed by atoms with Crippen molar-refractivity contribution in [3.8, 4) is 0 Å². The summed E-state index contributed by atoms with van der Waals surface area (Å²) >= 11 is 5.62. The number of carbonyl (C=O) groups is 1. The molecule has 0 aliphatic heterocycles. The van der Waals surface area contributed by atoms with Gasteiger partial charge in [-0.1, -0.05) is 23.7 Å². The smallest absolute Gasteiger partial charge is 0.304 e. The molecule has 2 N–H and O–H groups in total. The second-order valence-corrected chi connectivity index (χ2v) is 3.08. The van der Waals surface area contributed by atoms with Crippen LogP contribution < -0.4 is 0 Å². The highest BCUT2D eigenvalue weighted by Gasteiger charge is 2.13. The van der Waals surface area contributed by atoms with Gasteiger partial charge in [0.1, 0.15) is 0 Å². The van der Waals surface area contributed by atoms with Gasteiger partial charge >= 0.3 is 5.97 Å². The monoisotopic (exact) mass is 218 g/mol. The number of benzene rings is 1. The first-order valence-corrected chi connectivity index (χ1v) is 4.27. The molecule has 0 aromatic heterocycles. The van der Waals surface area contributed by atoms with Gasteiger partial charge in [-0.3, -0.25) is 4.79 Å². The minimum atomic E-state index is -1.19. The van der Waals surface area contributed by atoms with Gasteiger partial charge in [-0.25, -0.2) is 0 Å². The van der Waals surface area contributed by atoms with Crippen LogP contribution >= 0.6 is 11.6 Å². The van der Waals surface area contributed by atoms with Crippen LogP contribution in [0.25, 0.3) is 0 Å². The fraction of sp³-hybridized carbons (Fsp3) is 0.300. The van der Waals surface area contributed by atoms with Crippen molar-refractivity contribution in [3.05, 3.63) is 34.8 Å². The first-order valence-electron chi connectivity index (χ1n) is 5.89. The lowest BCUT2D eigenvalue weighted by molar-refractivity contribution is -0.137. The Morgan fingerprint density at radius 2 is 2.07 bits per heavy atom. The van der Waals surface area contributed by atoms with Gasteiger partial charge in [-0.05, 0) is 17.6 Å². The lowest BCUT2D eigenvalue weighted by atomic mass is 9.97. The minimum absolute atomic E-state index is 0.126. The topological polar surface area (TPSA) is 57.5 Å². The van der Waals surface area contributed by atoms with Gasteiger partial charge in [-0.15, -0.1) is 0 Å². The quantitative estimate of drug-likeness (QED) is 0.812. The van der Waals surface area contributed by atoms with Gasteiger partial charge in [0.05, 0.1) is 18.5 Å². The molecule has 0 aliphatic rings. The Labute approximate surface area is 92.6 Å². The summed E-state index contributed by atoms with van der Waals surface area (Å²) < 4.78 is 30.4. The predicted molar refractivity (Wildman–Crippen MR) is 53.5 cm³/mol. The van der Waals surface area contributed by atoms with Crippen molar-refractivity contribution in [1.29, 1.82) is 0 Å². The molecule has 76 valence electrons. The Balaban J connectivity index is 3.43. The molecule has 1 atom stereocenters. The number of carboxylic acids is 1. The molecule has 1 aromatic rings. The van der Waals surface area contributed by atoms with Gasteiger partial charge in [0.25, 0.3) is 0 Å². The fourth-order valence-corrected chi connectivity index (χ4v) is 1.07. The van der Waals surface area contributed by atoms with E-state index < -0.39 is 49.1 Å². The maximum absolute atomic E-state index is 10.6. The highest BCUT2D eigenvalue weighted by atomic mass is 35.5. The summed E-state index contributed by atoms with van der Waals surface area (Å²) in [5, 5.41) is 17.5. The molecule has 0 spiro atoms. The molecule has 3 nitrogen and oxygen atoms in total. The first kappa shape index (κ1) is 6.43. The van der Waals surface area contributed by atoms with E-state index >= 15 is 0 Å². The van der Waals surface area contributed by atoms with Crippen molar-refractivity contribution in [2.75, 3.05) is 6.61 Å². The molecule has 0 bridgehead atoms. The van der Waals surface area contributed by atoms with Crippen LogP contribution in [0.15, 0.2) is 24.2 Å². The Morgan fingerprint density at radius 3 is 2.50 bits per heavy atom. The largest absolute Gasteiger partial charge is 0.481 e. The zero-order chi connectivity index (χ0) is 14.0. The predicted octanol–water partition coefficient (Wildman–Crippen LogP) is 1.89. The third-order valence-corrected chi connectivity index (χ3v) is 1.85. The van der Waals surface area contributed by atoms with Gasteiger partial charge in [-0.2, -0.15) is 0 Å². The average molecular weight is 219 g/mol. The van der Waals surface area contributed by atoms with E-state index in [9.17, 15) is 4.79 Å². The molecule has 0 saturated heterocycles. The third kappa shape index (κ3) is 3.01. The Kier molecular flexibility index (Phi) is 2.29. The number of aliphatic carboxylic acids is 1. The Morgan fingerprint density at radius 1 is 1.50 bits per heavy atom. The molecule has 0 fully saturated rings. The van der Waals surface area contributed by atoms with E-state index in [2.05, 4.69) is 0 Å². The van der Waals surface area contributed by atoms with Crippen LogP contribution in [0.3, 0.4) is 0 Å². The van der Waals surface area contributed by atoms with Gasteiger partial charge in [0.2, 0.25) is 0 Å².